The Morgan fingerprint density at radius 3 is 2.30 bits per heavy atom. The smallest absolute Gasteiger partial charge is 0.168 e. The first-order valence-corrected chi connectivity index (χ1v) is 7.51. The number of benzene rings is 1. The molecule has 0 atom stereocenters. The summed E-state index contributed by atoms with van der Waals surface area (Å²) in [6, 6.07) is 8.21. The van der Waals surface area contributed by atoms with Gasteiger partial charge in [-0.1, -0.05) is 38.1 Å². The molecule has 6 nitrogen and oxygen atoms in total. The van der Waals surface area contributed by atoms with Crippen molar-refractivity contribution in [2.24, 2.45) is 0 Å². The normalized spacial score (nSPS) is 11.7. The van der Waals surface area contributed by atoms with E-state index in [4.69, 9.17) is 4.52 Å². The fourth-order valence-corrected chi connectivity index (χ4v) is 2.42. The van der Waals surface area contributed by atoms with Crippen LogP contribution in [0.1, 0.15) is 26.5 Å². The predicted octanol–water partition coefficient (Wildman–Crippen LogP) is 3.29. The molecule has 0 unspecified atom stereocenters. The van der Waals surface area contributed by atoms with Gasteiger partial charge in [-0.05, 0) is 12.1 Å². The number of hydrogen-bond donors (Lipinski definition) is 0. The van der Waals surface area contributed by atoms with E-state index >= 15 is 0 Å². The fraction of sp³-hybridized carbons (Fsp3) is 0.353. The third-order valence-corrected chi connectivity index (χ3v) is 3.65. The maximum atomic E-state index is 5.67. The summed E-state index contributed by atoms with van der Waals surface area (Å²) in [6.07, 6.45) is 3.18. The number of hydrogen-bond acceptors (Lipinski definition) is 5. The fourth-order valence-electron chi connectivity index (χ4n) is 2.42. The van der Waals surface area contributed by atoms with Crippen LogP contribution in [0.25, 0.3) is 16.9 Å². The van der Waals surface area contributed by atoms with Gasteiger partial charge in [0.2, 0.25) is 0 Å². The summed E-state index contributed by atoms with van der Waals surface area (Å²) >= 11 is 0. The van der Waals surface area contributed by atoms with E-state index in [-0.39, 0.29) is 5.41 Å². The van der Waals surface area contributed by atoms with Crippen molar-refractivity contribution >= 4 is 5.69 Å². The summed E-state index contributed by atoms with van der Waals surface area (Å²) < 4.78 is 7.38. The summed E-state index contributed by atoms with van der Waals surface area (Å²) in [4.78, 5) is 6.11. The zero-order valence-corrected chi connectivity index (χ0v) is 14.1. The van der Waals surface area contributed by atoms with Crippen LogP contribution >= 0.6 is 0 Å². The van der Waals surface area contributed by atoms with E-state index in [9.17, 15) is 0 Å². The van der Waals surface area contributed by atoms with Crippen LogP contribution in [0.3, 0.4) is 0 Å². The molecule has 0 aliphatic rings. The molecular weight excluding hydrogens is 290 g/mol. The van der Waals surface area contributed by atoms with Crippen molar-refractivity contribution in [1.29, 1.82) is 0 Å². The largest absolute Gasteiger partial charge is 0.378 e. The molecule has 3 aromatic rings. The van der Waals surface area contributed by atoms with Crippen molar-refractivity contribution in [3.63, 3.8) is 0 Å². The standard InChI is InChI=1S/C17H21N5O/c1-17(2,3)16-15(22-11-18-10-19-22)14(20-23-16)12-6-8-13(9-7-12)21(4)5/h6-11H,1-5H3. The van der Waals surface area contributed by atoms with E-state index in [1.54, 1.807) is 11.0 Å². The van der Waals surface area contributed by atoms with Gasteiger partial charge in [-0.2, -0.15) is 5.10 Å². The number of nitrogens with zero attached hydrogens (tertiary/aromatic N) is 5. The highest BCUT2D eigenvalue weighted by molar-refractivity contribution is 5.71. The Bertz CT molecular complexity index is 780. The van der Waals surface area contributed by atoms with E-state index in [1.165, 1.54) is 6.33 Å². The molecule has 2 aromatic heterocycles. The monoisotopic (exact) mass is 311 g/mol. The van der Waals surface area contributed by atoms with Crippen LogP contribution in [0, 0.1) is 0 Å². The molecule has 0 fully saturated rings. The van der Waals surface area contributed by atoms with Gasteiger partial charge >= 0.3 is 0 Å². The molecule has 6 heteroatoms. The van der Waals surface area contributed by atoms with Crippen molar-refractivity contribution in [3.8, 4) is 16.9 Å². The Morgan fingerprint density at radius 1 is 1.09 bits per heavy atom. The molecule has 0 aliphatic heterocycles. The second kappa shape index (κ2) is 5.53. The topological polar surface area (TPSA) is 60.0 Å². The van der Waals surface area contributed by atoms with Crippen molar-refractivity contribution in [1.82, 2.24) is 19.9 Å². The summed E-state index contributed by atoms with van der Waals surface area (Å²) in [7, 11) is 4.04. The van der Waals surface area contributed by atoms with Crippen molar-refractivity contribution in [2.45, 2.75) is 26.2 Å². The van der Waals surface area contributed by atoms with Crippen LogP contribution in [0.5, 0.6) is 0 Å². The first-order chi connectivity index (χ1) is 10.9. The average Bonchev–Trinajstić information content (AvgIpc) is 3.15. The van der Waals surface area contributed by atoms with Crippen molar-refractivity contribution in [2.75, 3.05) is 19.0 Å². The van der Waals surface area contributed by atoms with Gasteiger partial charge in [0, 0.05) is 30.8 Å². The highest BCUT2D eigenvalue weighted by atomic mass is 16.5. The summed E-state index contributed by atoms with van der Waals surface area (Å²) in [6.45, 7) is 6.27. The Kier molecular flexibility index (Phi) is 3.67. The lowest BCUT2D eigenvalue weighted by Crippen LogP contribution is -2.14. The van der Waals surface area contributed by atoms with Crippen LogP contribution < -0.4 is 4.90 Å². The molecule has 0 bridgehead atoms. The van der Waals surface area contributed by atoms with Gasteiger partial charge in [0.1, 0.15) is 24.0 Å². The maximum absolute atomic E-state index is 5.67. The van der Waals surface area contributed by atoms with E-state index in [0.717, 1.165) is 28.4 Å². The highest BCUT2D eigenvalue weighted by Gasteiger charge is 2.29. The van der Waals surface area contributed by atoms with Crippen LogP contribution in [0.15, 0.2) is 41.4 Å². The molecule has 0 saturated carbocycles. The SMILES string of the molecule is CN(C)c1ccc(-c2noc(C(C)(C)C)c2-n2cncn2)cc1. The lowest BCUT2D eigenvalue weighted by Gasteiger charge is -2.16. The van der Waals surface area contributed by atoms with E-state index in [1.807, 2.05) is 26.2 Å². The van der Waals surface area contributed by atoms with Gasteiger partial charge in [0.15, 0.2) is 5.76 Å². The van der Waals surface area contributed by atoms with E-state index in [2.05, 4.69) is 53.0 Å². The summed E-state index contributed by atoms with van der Waals surface area (Å²) in [5, 5.41) is 8.57. The number of rotatable bonds is 3. The third-order valence-electron chi connectivity index (χ3n) is 3.65. The molecule has 23 heavy (non-hydrogen) atoms. The quantitative estimate of drug-likeness (QED) is 0.743. The molecule has 120 valence electrons. The molecule has 2 heterocycles. The Hall–Kier alpha value is -2.63. The van der Waals surface area contributed by atoms with Crippen molar-refractivity contribution in [3.05, 3.63) is 42.7 Å². The lowest BCUT2D eigenvalue weighted by atomic mass is 9.91. The highest BCUT2D eigenvalue weighted by Crippen LogP contribution is 2.35. The lowest BCUT2D eigenvalue weighted by molar-refractivity contribution is 0.329. The van der Waals surface area contributed by atoms with Gasteiger partial charge < -0.3 is 9.42 Å². The van der Waals surface area contributed by atoms with E-state index < -0.39 is 0 Å². The molecule has 0 amide bonds. The number of anilines is 1. The minimum Gasteiger partial charge on any atom is -0.378 e. The molecule has 0 spiro atoms. The molecular formula is C17H21N5O. The molecule has 0 N–H and O–H groups in total. The maximum Gasteiger partial charge on any atom is 0.168 e. The van der Waals surface area contributed by atoms with Gasteiger partial charge in [0.25, 0.3) is 0 Å². The van der Waals surface area contributed by atoms with Crippen LogP contribution in [0.4, 0.5) is 5.69 Å². The van der Waals surface area contributed by atoms with Gasteiger partial charge in [-0.3, -0.25) is 0 Å². The van der Waals surface area contributed by atoms with Gasteiger partial charge in [0.05, 0.1) is 0 Å². The second-order valence-corrected chi connectivity index (χ2v) is 6.74. The summed E-state index contributed by atoms with van der Waals surface area (Å²) in [5.41, 5.74) is 3.55. The zero-order valence-electron chi connectivity index (χ0n) is 14.1. The second-order valence-electron chi connectivity index (χ2n) is 6.74. The Morgan fingerprint density at radius 2 is 1.78 bits per heavy atom. The van der Waals surface area contributed by atoms with Gasteiger partial charge in [-0.15, -0.1) is 0 Å². The summed E-state index contributed by atoms with van der Waals surface area (Å²) in [5.74, 6) is 0.787. The Balaban J connectivity index is 2.15. The van der Waals surface area contributed by atoms with Crippen molar-refractivity contribution < 1.29 is 4.52 Å². The first kappa shape index (κ1) is 15.3. The minimum absolute atomic E-state index is 0.184. The van der Waals surface area contributed by atoms with Gasteiger partial charge in [-0.25, -0.2) is 9.67 Å². The molecule has 0 aliphatic carbocycles. The predicted molar refractivity (Wildman–Crippen MR) is 89.9 cm³/mol. The molecule has 1 aromatic carbocycles. The molecule has 3 rings (SSSR count). The van der Waals surface area contributed by atoms with Crippen LogP contribution in [-0.4, -0.2) is 34.0 Å². The van der Waals surface area contributed by atoms with Crippen LogP contribution in [-0.2, 0) is 5.41 Å². The zero-order chi connectivity index (χ0) is 16.6. The van der Waals surface area contributed by atoms with E-state index in [0.29, 0.717) is 0 Å². The third kappa shape index (κ3) is 2.84. The Labute approximate surface area is 135 Å². The minimum atomic E-state index is -0.184. The first-order valence-electron chi connectivity index (χ1n) is 7.51. The number of aromatic nitrogens is 4. The van der Waals surface area contributed by atoms with Crippen LogP contribution in [0.2, 0.25) is 0 Å². The molecule has 0 saturated heterocycles. The average molecular weight is 311 g/mol. The molecule has 0 radical (unpaired) electrons.